The minimum atomic E-state index is -0.673. The number of anilines is 1. The van der Waals surface area contributed by atoms with Gasteiger partial charge < -0.3 is 24.5 Å². The van der Waals surface area contributed by atoms with E-state index in [1.807, 2.05) is 11.9 Å². The minimum Gasteiger partial charge on any atom is -0.461 e. The summed E-state index contributed by atoms with van der Waals surface area (Å²) in [6.45, 7) is 10.8. The third-order valence-electron chi connectivity index (χ3n) is 11.0. The molecule has 1 unspecified atom stereocenters. The van der Waals surface area contributed by atoms with E-state index in [0.717, 1.165) is 45.3 Å². The van der Waals surface area contributed by atoms with Crippen molar-refractivity contribution in [1.29, 1.82) is 0 Å². The van der Waals surface area contributed by atoms with E-state index < -0.39 is 11.6 Å². The maximum Gasteiger partial charge on any atom is 0.319 e. The van der Waals surface area contributed by atoms with Gasteiger partial charge in [0.1, 0.15) is 29.5 Å². The molecule has 1 atom stereocenters. The van der Waals surface area contributed by atoms with Gasteiger partial charge in [-0.3, -0.25) is 14.7 Å². The molecule has 0 saturated carbocycles. The van der Waals surface area contributed by atoms with Crippen molar-refractivity contribution in [2.75, 3.05) is 71.0 Å². The summed E-state index contributed by atoms with van der Waals surface area (Å²) in [6, 6.07) is 8.15. The molecular weight excluding hydrogens is 676 g/mol. The number of aliphatic hydroxyl groups is 1. The molecule has 1 amide bonds. The molecule has 2 aromatic carbocycles. The van der Waals surface area contributed by atoms with E-state index in [1.54, 1.807) is 35.4 Å². The Labute approximate surface area is 301 Å². The van der Waals surface area contributed by atoms with Crippen LogP contribution in [0.25, 0.3) is 32.9 Å². The SMILES string of the molecule is C=CC(=O)N1CCC(N(C)c2nc(OCC34CCCN3CCC4)nc3c(F)c(-c4cccc5ccc(F)c(Cl)c45)ncc23)C1.OCCN1CCC1. The fraction of sp³-hybridized carbons (Fsp3) is 0.474. The number of nitrogens with zero attached hydrogens (tertiary/aromatic N) is 7. The summed E-state index contributed by atoms with van der Waals surface area (Å²) < 4.78 is 37.5. The lowest BCUT2D eigenvalue weighted by atomic mass is 9.95. The van der Waals surface area contributed by atoms with Gasteiger partial charge in [-0.15, -0.1) is 0 Å². The minimum absolute atomic E-state index is 0.00817. The first kappa shape index (κ1) is 35.4. The Balaban J connectivity index is 0.000000520. The Hall–Kier alpha value is -3.97. The van der Waals surface area contributed by atoms with Crippen molar-refractivity contribution in [3.05, 3.63) is 65.8 Å². The highest BCUT2D eigenvalue weighted by atomic mass is 35.5. The smallest absolute Gasteiger partial charge is 0.319 e. The first-order valence-electron chi connectivity index (χ1n) is 17.8. The molecule has 0 spiro atoms. The standard InChI is InChI=1S/C33H33ClF2N6O2.C5H11NO/c1-3-25(43)41-16-11-21(18-41)40(2)31-23-17-37-29(22-8-4-7-20-9-10-24(35)27(34)26(20)22)28(36)30(23)38-32(39-31)44-19-33-12-5-14-42(33)15-6-13-33;7-5-4-6-2-1-3-6/h3-4,7-10,17,21H,1,5-6,11-16,18-19H2,2H3;7H,1-5H2. The summed E-state index contributed by atoms with van der Waals surface area (Å²) in [5, 5.41) is 9.72. The number of benzene rings is 2. The number of ether oxygens (including phenoxy) is 1. The molecule has 0 aliphatic carbocycles. The molecule has 4 aromatic rings. The number of pyridine rings is 1. The number of aromatic nitrogens is 3. The zero-order chi connectivity index (χ0) is 35.7. The van der Waals surface area contributed by atoms with Gasteiger partial charge in [-0.2, -0.15) is 9.97 Å². The highest BCUT2D eigenvalue weighted by Crippen LogP contribution is 2.41. The van der Waals surface area contributed by atoms with Gasteiger partial charge in [0, 0.05) is 49.9 Å². The number of β-amino-alcohol motifs (C(OH)–C–C–N with tert-alkyl or cyclic N) is 1. The van der Waals surface area contributed by atoms with Crippen LogP contribution >= 0.6 is 11.6 Å². The topological polar surface area (TPSA) is 98.2 Å². The lowest BCUT2D eigenvalue weighted by Gasteiger charge is -2.31. The predicted molar refractivity (Wildman–Crippen MR) is 195 cm³/mol. The molecular formula is C38H44ClF2N7O3. The van der Waals surface area contributed by atoms with Gasteiger partial charge in [-0.1, -0.05) is 42.4 Å². The second-order valence-corrected chi connectivity index (χ2v) is 14.3. The van der Waals surface area contributed by atoms with Crippen LogP contribution in [0.2, 0.25) is 5.02 Å². The summed E-state index contributed by atoms with van der Waals surface area (Å²) in [4.78, 5) is 34.6. The molecule has 0 radical (unpaired) electrons. The van der Waals surface area contributed by atoms with Crippen LogP contribution in [0.4, 0.5) is 14.6 Å². The first-order chi connectivity index (χ1) is 24.7. The largest absolute Gasteiger partial charge is 0.461 e. The Morgan fingerprint density at radius 3 is 2.59 bits per heavy atom. The molecule has 0 bridgehead atoms. The number of amides is 1. The van der Waals surface area contributed by atoms with Crippen LogP contribution in [0.1, 0.15) is 38.5 Å². The normalized spacial score (nSPS) is 19.9. The molecule has 4 aliphatic heterocycles. The Kier molecular flexibility index (Phi) is 10.4. The van der Waals surface area contributed by atoms with E-state index in [2.05, 4.69) is 26.3 Å². The van der Waals surface area contributed by atoms with Gasteiger partial charge in [0.15, 0.2) is 5.82 Å². The van der Waals surface area contributed by atoms with Gasteiger partial charge in [-0.05, 0) is 82.2 Å². The quantitative estimate of drug-likeness (QED) is 0.219. The number of likely N-dealkylation sites (N-methyl/N-ethyl adjacent to an activating group) is 1. The highest BCUT2D eigenvalue weighted by molar-refractivity contribution is 6.36. The summed E-state index contributed by atoms with van der Waals surface area (Å²) >= 11 is 6.39. The summed E-state index contributed by atoms with van der Waals surface area (Å²) in [6.07, 6.45) is 9.22. The van der Waals surface area contributed by atoms with E-state index in [-0.39, 0.29) is 39.7 Å². The van der Waals surface area contributed by atoms with Crippen LogP contribution in [0.5, 0.6) is 6.01 Å². The van der Waals surface area contributed by atoms with Gasteiger partial charge in [0.25, 0.3) is 0 Å². The first-order valence-corrected chi connectivity index (χ1v) is 18.2. The zero-order valence-electron chi connectivity index (χ0n) is 29.0. The number of carbonyl (C=O) groups is 1. The average Bonchev–Trinajstić information content (AvgIpc) is 3.87. The number of rotatable bonds is 9. The monoisotopic (exact) mass is 719 g/mol. The van der Waals surface area contributed by atoms with Crippen molar-refractivity contribution in [2.24, 2.45) is 0 Å². The molecule has 4 aliphatic rings. The number of halogens is 3. The Morgan fingerprint density at radius 2 is 1.90 bits per heavy atom. The maximum absolute atomic E-state index is 16.6. The molecule has 13 heteroatoms. The molecule has 270 valence electrons. The number of fused-ring (bicyclic) bond motifs is 3. The van der Waals surface area contributed by atoms with Crippen molar-refractivity contribution in [1.82, 2.24) is 29.7 Å². The highest BCUT2D eigenvalue weighted by Gasteiger charge is 2.45. The fourth-order valence-corrected chi connectivity index (χ4v) is 8.29. The van der Waals surface area contributed by atoms with Gasteiger partial charge >= 0.3 is 6.01 Å². The van der Waals surface area contributed by atoms with Crippen LogP contribution in [0, 0.1) is 11.6 Å². The van der Waals surface area contributed by atoms with Gasteiger partial charge in [0.05, 0.1) is 22.6 Å². The third-order valence-corrected chi connectivity index (χ3v) is 11.4. The van der Waals surface area contributed by atoms with E-state index in [9.17, 15) is 9.18 Å². The van der Waals surface area contributed by atoms with Crippen LogP contribution in [-0.2, 0) is 4.79 Å². The van der Waals surface area contributed by atoms with E-state index >= 15 is 4.39 Å². The van der Waals surface area contributed by atoms with Crippen molar-refractivity contribution in [3.8, 4) is 17.3 Å². The molecule has 6 heterocycles. The van der Waals surface area contributed by atoms with Crippen LogP contribution < -0.4 is 9.64 Å². The third kappa shape index (κ3) is 6.86. The van der Waals surface area contributed by atoms with Crippen molar-refractivity contribution in [2.45, 2.75) is 50.1 Å². The van der Waals surface area contributed by atoms with Crippen LogP contribution in [0.15, 0.2) is 49.2 Å². The number of aliphatic hydroxyl groups excluding tert-OH is 1. The second kappa shape index (κ2) is 14.9. The second-order valence-electron chi connectivity index (χ2n) is 13.9. The number of likely N-dealkylation sites (tertiary alicyclic amines) is 2. The lowest BCUT2D eigenvalue weighted by molar-refractivity contribution is -0.125. The van der Waals surface area contributed by atoms with E-state index in [1.165, 1.54) is 31.7 Å². The molecule has 51 heavy (non-hydrogen) atoms. The summed E-state index contributed by atoms with van der Waals surface area (Å²) in [5.74, 6) is -0.928. The Bertz CT molecular complexity index is 1930. The predicted octanol–water partition coefficient (Wildman–Crippen LogP) is 5.69. The van der Waals surface area contributed by atoms with Crippen molar-refractivity contribution < 1.29 is 23.4 Å². The number of hydrogen-bond acceptors (Lipinski definition) is 9. The van der Waals surface area contributed by atoms with Crippen molar-refractivity contribution >= 4 is 45.0 Å². The maximum atomic E-state index is 16.6. The fourth-order valence-electron chi connectivity index (χ4n) is 8.02. The van der Waals surface area contributed by atoms with E-state index in [4.69, 9.17) is 26.4 Å². The van der Waals surface area contributed by atoms with Gasteiger partial charge in [0.2, 0.25) is 5.91 Å². The van der Waals surface area contributed by atoms with Crippen molar-refractivity contribution in [3.63, 3.8) is 0 Å². The average molecular weight is 720 g/mol. The van der Waals surface area contributed by atoms with E-state index in [0.29, 0.717) is 60.3 Å². The lowest BCUT2D eigenvalue weighted by Crippen LogP contribution is -2.43. The van der Waals surface area contributed by atoms with Gasteiger partial charge in [-0.25, -0.2) is 8.78 Å². The zero-order valence-corrected chi connectivity index (χ0v) is 29.7. The molecule has 10 nitrogen and oxygen atoms in total. The van der Waals surface area contributed by atoms with Crippen LogP contribution in [-0.4, -0.2) is 118 Å². The number of hydrogen-bond donors (Lipinski definition) is 1. The molecule has 8 rings (SSSR count). The molecule has 1 N–H and O–H groups in total. The summed E-state index contributed by atoms with van der Waals surface area (Å²) in [7, 11) is 1.88. The van der Waals surface area contributed by atoms with Crippen LogP contribution in [0.3, 0.4) is 0 Å². The molecule has 4 fully saturated rings. The Morgan fingerprint density at radius 1 is 1.12 bits per heavy atom. The number of carbonyl (C=O) groups excluding carboxylic acids is 1. The molecule has 4 saturated heterocycles. The summed E-state index contributed by atoms with van der Waals surface area (Å²) in [5.41, 5.74) is 0.375. The molecule has 2 aromatic heterocycles.